The molecule has 1 amide bonds. The third kappa shape index (κ3) is 5.46. The third-order valence-corrected chi connectivity index (χ3v) is 5.05. The Kier molecular flexibility index (Phi) is 7.08. The van der Waals surface area contributed by atoms with Crippen molar-refractivity contribution in [2.45, 2.75) is 32.4 Å². The van der Waals surface area contributed by atoms with Crippen LogP contribution in [0.3, 0.4) is 0 Å². The molecule has 0 radical (unpaired) electrons. The first-order chi connectivity index (χ1) is 12.2. The summed E-state index contributed by atoms with van der Waals surface area (Å²) in [6.07, 6.45) is 0. The molecular weight excluding hydrogens is 340 g/mol. The van der Waals surface area contributed by atoms with Gasteiger partial charge >= 0.3 is 0 Å². The molecule has 1 heterocycles. The van der Waals surface area contributed by atoms with Crippen LogP contribution < -0.4 is 5.32 Å². The number of ether oxygens (including phenoxy) is 1. The van der Waals surface area contributed by atoms with Crippen LogP contribution in [0.15, 0.2) is 18.2 Å². The van der Waals surface area contributed by atoms with Crippen molar-refractivity contribution in [3.8, 4) is 0 Å². The van der Waals surface area contributed by atoms with Gasteiger partial charge in [-0.2, -0.15) is 0 Å². The Bertz CT molecular complexity index is 619. The fourth-order valence-electron chi connectivity index (χ4n) is 3.09. The third-order valence-electron chi connectivity index (χ3n) is 5.05. The molecular formula is C19H29F2N3O2. The van der Waals surface area contributed by atoms with E-state index in [1.165, 1.54) is 6.07 Å². The van der Waals surface area contributed by atoms with Gasteiger partial charge in [-0.25, -0.2) is 8.78 Å². The van der Waals surface area contributed by atoms with Gasteiger partial charge in [0.2, 0.25) is 5.91 Å². The van der Waals surface area contributed by atoms with Crippen LogP contribution in [-0.4, -0.2) is 67.7 Å². The number of rotatable bonds is 7. The summed E-state index contributed by atoms with van der Waals surface area (Å²) in [7, 11) is 1.72. The van der Waals surface area contributed by atoms with Gasteiger partial charge in [0.1, 0.15) is 11.6 Å². The molecule has 26 heavy (non-hydrogen) atoms. The second kappa shape index (κ2) is 8.88. The normalized spacial score (nSPS) is 17.3. The minimum absolute atomic E-state index is 0.107. The lowest BCUT2D eigenvalue weighted by atomic mass is 10.0. The first-order valence-corrected chi connectivity index (χ1v) is 8.95. The Balaban J connectivity index is 1.87. The summed E-state index contributed by atoms with van der Waals surface area (Å²) in [6.45, 7) is 9.66. The van der Waals surface area contributed by atoms with Crippen LogP contribution in [0.1, 0.15) is 32.4 Å². The molecule has 1 fully saturated rings. The van der Waals surface area contributed by atoms with Crippen LogP contribution in [-0.2, 0) is 9.53 Å². The lowest BCUT2D eigenvalue weighted by Gasteiger charge is -2.41. The molecule has 1 aliphatic rings. The number of hydrogen-bond acceptors (Lipinski definition) is 4. The number of morpholine rings is 1. The van der Waals surface area contributed by atoms with Crippen molar-refractivity contribution < 1.29 is 18.3 Å². The number of carbonyl (C=O) groups excluding carboxylic acids is 1. The standard InChI is InChI=1S/C19H29F2N3O2/c1-14(16-11-15(20)5-6-17(16)21)23(4)12-18(25)22-13-19(2,3)24-7-9-26-10-8-24/h5-6,11,14H,7-10,12-13H2,1-4H3,(H,22,25). The SMILES string of the molecule is CC(c1cc(F)ccc1F)N(C)CC(=O)NCC(C)(C)N1CCOCC1. The summed E-state index contributed by atoms with van der Waals surface area (Å²) in [5.74, 6) is -1.10. The molecule has 1 N–H and O–H groups in total. The minimum atomic E-state index is -0.488. The van der Waals surface area contributed by atoms with Crippen molar-refractivity contribution in [1.82, 2.24) is 15.1 Å². The Hall–Kier alpha value is -1.57. The first-order valence-electron chi connectivity index (χ1n) is 8.95. The van der Waals surface area contributed by atoms with Gasteiger partial charge in [0.25, 0.3) is 0 Å². The van der Waals surface area contributed by atoms with Crippen LogP contribution in [0.2, 0.25) is 0 Å². The van der Waals surface area contributed by atoms with E-state index in [2.05, 4.69) is 24.1 Å². The summed E-state index contributed by atoms with van der Waals surface area (Å²) in [5.41, 5.74) is 0.0760. The Morgan fingerprint density at radius 1 is 1.35 bits per heavy atom. The van der Waals surface area contributed by atoms with E-state index in [-0.39, 0.29) is 23.6 Å². The zero-order valence-corrected chi connectivity index (χ0v) is 16.0. The quantitative estimate of drug-likeness (QED) is 0.800. The molecule has 0 spiro atoms. The number of carbonyl (C=O) groups is 1. The first kappa shape index (κ1) is 20.7. The Morgan fingerprint density at radius 3 is 2.65 bits per heavy atom. The highest BCUT2D eigenvalue weighted by atomic mass is 19.1. The molecule has 1 saturated heterocycles. The second-order valence-electron chi connectivity index (χ2n) is 7.45. The number of nitrogens with zero attached hydrogens (tertiary/aromatic N) is 2. The van der Waals surface area contributed by atoms with Crippen molar-refractivity contribution in [2.75, 3.05) is 46.4 Å². The number of likely N-dealkylation sites (N-methyl/N-ethyl adjacent to an activating group) is 1. The maximum atomic E-state index is 13.9. The second-order valence-corrected chi connectivity index (χ2v) is 7.45. The van der Waals surface area contributed by atoms with Gasteiger partial charge in [0, 0.05) is 36.8 Å². The lowest BCUT2D eigenvalue weighted by Crippen LogP contribution is -2.56. The molecule has 7 heteroatoms. The Morgan fingerprint density at radius 2 is 2.00 bits per heavy atom. The zero-order chi connectivity index (χ0) is 19.3. The molecule has 0 saturated carbocycles. The zero-order valence-electron chi connectivity index (χ0n) is 16.0. The molecule has 5 nitrogen and oxygen atoms in total. The van der Waals surface area contributed by atoms with Gasteiger partial charge in [0.15, 0.2) is 0 Å². The number of amides is 1. The van der Waals surface area contributed by atoms with Gasteiger partial charge in [0.05, 0.1) is 19.8 Å². The highest BCUT2D eigenvalue weighted by molar-refractivity contribution is 5.78. The predicted molar refractivity (Wildman–Crippen MR) is 96.9 cm³/mol. The van der Waals surface area contributed by atoms with E-state index in [4.69, 9.17) is 4.74 Å². The van der Waals surface area contributed by atoms with E-state index >= 15 is 0 Å². The summed E-state index contributed by atoms with van der Waals surface area (Å²) >= 11 is 0. The molecule has 1 aliphatic heterocycles. The van der Waals surface area contributed by atoms with E-state index in [0.29, 0.717) is 19.8 Å². The average Bonchev–Trinajstić information content (AvgIpc) is 2.62. The van der Waals surface area contributed by atoms with Crippen LogP contribution >= 0.6 is 0 Å². The highest BCUT2D eigenvalue weighted by Gasteiger charge is 2.29. The molecule has 0 aromatic heterocycles. The minimum Gasteiger partial charge on any atom is -0.379 e. The van der Waals surface area contributed by atoms with Crippen LogP contribution in [0, 0.1) is 11.6 Å². The van der Waals surface area contributed by atoms with Gasteiger partial charge in [-0.05, 0) is 46.0 Å². The van der Waals surface area contributed by atoms with Crippen LogP contribution in [0.25, 0.3) is 0 Å². The van der Waals surface area contributed by atoms with Crippen molar-refractivity contribution >= 4 is 5.91 Å². The van der Waals surface area contributed by atoms with Crippen LogP contribution in [0.5, 0.6) is 0 Å². The summed E-state index contributed by atoms with van der Waals surface area (Å²) in [6, 6.07) is 2.96. The van der Waals surface area contributed by atoms with Crippen molar-refractivity contribution in [1.29, 1.82) is 0 Å². The van der Waals surface area contributed by atoms with Gasteiger partial charge in [-0.3, -0.25) is 14.6 Å². The summed E-state index contributed by atoms with van der Waals surface area (Å²) < 4.78 is 32.7. The fraction of sp³-hybridized carbons (Fsp3) is 0.632. The van der Waals surface area contributed by atoms with Crippen molar-refractivity contribution in [2.24, 2.45) is 0 Å². The molecule has 1 aromatic carbocycles. The number of hydrogen-bond donors (Lipinski definition) is 1. The molecule has 1 aromatic rings. The molecule has 2 rings (SSSR count). The molecule has 146 valence electrons. The summed E-state index contributed by atoms with van der Waals surface area (Å²) in [4.78, 5) is 16.3. The van der Waals surface area contributed by atoms with Gasteiger partial charge in [-0.1, -0.05) is 0 Å². The average molecular weight is 369 g/mol. The monoisotopic (exact) mass is 369 g/mol. The van der Waals surface area contributed by atoms with Gasteiger partial charge < -0.3 is 10.1 Å². The van der Waals surface area contributed by atoms with E-state index in [0.717, 1.165) is 25.2 Å². The van der Waals surface area contributed by atoms with E-state index in [9.17, 15) is 13.6 Å². The lowest BCUT2D eigenvalue weighted by molar-refractivity contribution is -0.123. The van der Waals surface area contributed by atoms with Crippen molar-refractivity contribution in [3.05, 3.63) is 35.4 Å². The van der Waals surface area contributed by atoms with Crippen molar-refractivity contribution in [3.63, 3.8) is 0 Å². The smallest absolute Gasteiger partial charge is 0.234 e. The summed E-state index contributed by atoms with van der Waals surface area (Å²) in [5, 5.41) is 2.95. The highest BCUT2D eigenvalue weighted by Crippen LogP contribution is 2.22. The number of nitrogens with one attached hydrogen (secondary N) is 1. The number of benzene rings is 1. The predicted octanol–water partition coefficient (Wildman–Crippen LogP) is 2.18. The van der Waals surface area contributed by atoms with Crippen LogP contribution in [0.4, 0.5) is 8.78 Å². The molecule has 1 atom stereocenters. The molecule has 0 bridgehead atoms. The van der Waals surface area contributed by atoms with E-state index < -0.39 is 17.7 Å². The largest absolute Gasteiger partial charge is 0.379 e. The van der Waals surface area contributed by atoms with Gasteiger partial charge in [-0.15, -0.1) is 0 Å². The van der Waals surface area contributed by atoms with E-state index in [1.54, 1.807) is 18.9 Å². The molecule has 0 aliphatic carbocycles. The maximum absolute atomic E-state index is 13.9. The molecule has 1 unspecified atom stereocenters. The van der Waals surface area contributed by atoms with E-state index in [1.807, 2.05) is 0 Å². The maximum Gasteiger partial charge on any atom is 0.234 e. The fourth-order valence-corrected chi connectivity index (χ4v) is 3.09. The number of halogens is 2. The topological polar surface area (TPSA) is 44.8 Å². The Labute approximate surface area is 154 Å².